The third-order valence-corrected chi connectivity index (χ3v) is 6.00. The molecule has 186 valence electrons. The molecule has 0 aliphatic heterocycles. The molecule has 36 heavy (non-hydrogen) atoms. The zero-order valence-corrected chi connectivity index (χ0v) is 20.4. The maximum Gasteiger partial charge on any atom is 0.255 e. The fourth-order valence-electron chi connectivity index (χ4n) is 3.85. The van der Waals surface area contributed by atoms with Crippen LogP contribution in [0.15, 0.2) is 60.9 Å². The Balaban J connectivity index is 1.40. The minimum absolute atomic E-state index is 0.278. The number of aromatic amines is 1. The van der Waals surface area contributed by atoms with Crippen LogP contribution in [0.2, 0.25) is 0 Å². The van der Waals surface area contributed by atoms with Crippen LogP contribution in [0.1, 0.15) is 40.1 Å². The number of methoxy groups -OCH3 is 2. The molecule has 2 aromatic carbocycles. The summed E-state index contributed by atoms with van der Waals surface area (Å²) in [7, 11) is 3.05. The Labute approximate surface area is 207 Å². The second kappa shape index (κ2) is 10.1. The summed E-state index contributed by atoms with van der Waals surface area (Å²) < 4.78 is 24.1. The number of pyridine rings is 1. The smallest absolute Gasteiger partial charge is 0.255 e. The molecule has 4 aromatic rings. The molecule has 0 spiro atoms. The highest BCUT2D eigenvalue weighted by atomic mass is 19.1. The van der Waals surface area contributed by atoms with Crippen molar-refractivity contribution < 1.29 is 23.5 Å². The number of nitrogens with zero attached hydrogens (tertiary/aromatic N) is 1. The number of ether oxygens (including phenoxy) is 2. The number of fused-ring (bicyclic) bond motifs is 1. The van der Waals surface area contributed by atoms with Crippen molar-refractivity contribution in [3.05, 3.63) is 83.4 Å². The molecule has 0 saturated carbocycles. The number of rotatable bonds is 8. The fraction of sp³-hybridized carbons (Fsp3) is 0.222. The van der Waals surface area contributed by atoms with Crippen LogP contribution >= 0.6 is 0 Å². The van der Waals surface area contributed by atoms with Crippen molar-refractivity contribution in [2.75, 3.05) is 26.1 Å². The van der Waals surface area contributed by atoms with Gasteiger partial charge in [-0.3, -0.25) is 9.59 Å². The SMILES string of the molecule is COc1ccc(C(=O)Nc2ccc(C(C)(C)CNC(=O)c3c[nH]c4ncc(F)cc34)cc2)cc1OC. The van der Waals surface area contributed by atoms with Crippen LogP contribution in [0.3, 0.4) is 0 Å². The Kier molecular flexibility index (Phi) is 6.91. The second-order valence-corrected chi connectivity index (χ2v) is 8.92. The molecule has 0 aliphatic carbocycles. The summed E-state index contributed by atoms with van der Waals surface area (Å²) in [4.78, 5) is 32.3. The van der Waals surface area contributed by atoms with Gasteiger partial charge >= 0.3 is 0 Å². The molecular weight excluding hydrogens is 463 g/mol. The molecule has 0 bridgehead atoms. The van der Waals surface area contributed by atoms with E-state index in [-0.39, 0.29) is 11.8 Å². The molecule has 9 heteroatoms. The molecule has 0 radical (unpaired) electrons. The van der Waals surface area contributed by atoms with Crippen LogP contribution in [0.5, 0.6) is 11.5 Å². The average molecular weight is 491 g/mol. The van der Waals surface area contributed by atoms with E-state index in [0.717, 1.165) is 11.8 Å². The largest absolute Gasteiger partial charge is 0.493 e. The van der Waals surface area contributed by atoms with Gasteiger partial charge in [-0.1, -0.05) is 26.0 Å². The zero-order valence-electron chi connectivity index (χ0n) is 20.4. The summed E-state index contributed by atoms with van der Waals surface area (Å²) in [5.41, 5.74) is 2.42. The van der Waals surface area contributed by atoms with E-state index in [2.05, 4.69) is 20.6 Å². The number of hydrogen-bond acceptors (Lipinski definition) is 5. The first kappa shape index (κ1) is 24.7. The van der Waals surface area contributed by atoms with Crippen molar-refractivity contribution in [3.8, 4) is 11.5 Å². The number of anilines is 1. The second-order valence-electron chi connectivity index (χ2n) is 8.92. The van der Waals surface area contributed by atoms with E-state index in [1.54, 1.807) is 18.2 Å². The van der Waals surface area contributed by atoms with Gasteiger partial charge in [0.1, 0.15) is 11.5 Å². The molecule has 2 aromatic heterocycles. The Morgan fingerprint density at radius 1 is 1.00 bits per heavy atom. The molecule has 0 atom stereocenters. The number of benzene rings is 2. The topological polar surface area (TPSA) is 105 Å². The first-order valence-corrected chi connectivity index (χ1v) is 11.3. The van der Waals surface area contributed by atoms with E-state index in [9.17, 15) is 14.0 Å². The van der Waals surface area contributed by atoms with E-state index < -0.39 is 11.2 Å². The monoisotopic (exact) mass is 490 g/mol. The van der Waals surface area contributed by atoms with Gasteiger partial charge in [-0.25, -0.2) is 9.37 Å². The molecule has 2 heterocycles. The van der Waals surface area contributed by atoms with Gasteiger partial charge in [-0.05, 0) is 42.0 Å². The lowest BCUT2D eigenvalue weighted by Crippen LogP contribution is -2.36. The maximum absolute atomic E-state index is 13.6. The van der Waals surface area contributed by atoms with Gasteiger partial charge in [0.05, 0.1) is 26.0 Å². The van der Waals surface area contributed by atoms with E-state index in [1.807, 2.05) is 38.1 Å². The van der Waals surface area contributed by atoms with E-state index in [4.69, 9.17) is 9.47 Å². The van der Waals surface area contributed by atoms with Gasteiger partial charge in [-0.15, -0.1) is 0 Å². The summed E-state index contributed by atoms with van der Waals surface area (Å²) in [5, 5.41) is 6.22. The van der Waals surface area contributed by atoms with Gasteiger partial charge in [0.2, 0.25) is 0 Å². The number of nitrogens with one attached hydrogen (secondary N) is 3. The van der Waals surface area contributed by atoms with Crippen molar-refractivity contribution in [2.45, 2.75) is 19.3 Å². The molecule has 3 N–H and O–H groups in total. The predicted octanol–water partition coefficient (Wildman–Crippen LogP) is 4.68. The first-order valence-electron chi connectivity index (χ1n) is 11.3. The number of carbonyl (C=O) groups is 2. The van der Waals surface area contributed by atoms with Crippen LogP contribution in [0.25, 0.3) is 11.0 Å². The number of amides is 2. The molecule has 4 rings (SSSR count). The summed E-state index contributed by atoms with van der Waals surface area (Å²) >= 11 is 0. The van der Waals surface area contributed by atoms with Crippen molar-refractivity contribution in [1.82, 2.24) is 15.3 Å². The van der Waals surface area contributed by atoms with Gasteiger partial charge in [0.15, 0.2) is 11.5 Å². The number of halogens is 1. The number of carbonyl (C=O) groups excluding carboxylic acids is 2. The lowest BCUT2D eigenvalue weighted by molar-refractivity contribution is 0.0946. The summed E-state index contributed by atoms with van der Waals surface area (Å²) in [6.45, 7) is 4.35. The van der Waals surface area contributed by atoms with Crippen molar-refractivity contribution in [1.29, 1.82) is 0 Å². The van der Waals surface area contributed by atoms with Crippen LogP contribution in [-0.2, 0) is 5.41 Å². The molecule has 0 saturated heterocycles. The van der Waals surface area contributed by atoms with E-state index in [1.165, 1.54) is 26.5 Å². The normalized spacial score (nSPS) is 11.2. The Morgan fingerprint density at radius 2 is 1.72 bits per heavy atom. The van der Waals surface area contributed by atoms with Crippen molar-refractivity contribution >= 4 is 28.5 Å². The molecule has 2 amide bonds. The Bertz CT molecular complexity index is 1410. The lowest BCUT2D eigenvalue weighted by atomic mass is 9.84. The third kappa shape index (κ3) is 5.14. The van der Waals surface area contributed by atoms with Gasteiger partial charge in [0.25, 0.3) is 11.8 Å². The van der Waals surface area contributed by atoms with Crippen LogP contribution < -0.4 is 20.1 Å². The maximum atomic E-state index is 13.6. The number of hydrogen-bond donors (Lipinski definition) is 3. The van der Waals surface area contributed by atoms with E-state index >= 15 is 0 Å². The summed E-state index contributed by atoms with van der Waals surface area (Å²) in [5.74, 6) is -0.0882. The number of aromatic nitrogens is 2. The molecule has 0 unspecified atom stereocenters. The number of H-pyrrole nitrogens is 1. The average Bonchev–Trinajstić information content (AvgIpc) is 3.30. The van der Waals surface area contributed by atoms with E-state index in [0.29, 0.717) is 45.9 Å². The standard InChI is InChI=1S/C27H27FN4O4/c1-27(2,15-31-26(34)21-14-30-24-20(21)12-18(28)13-29-24)17-6-8-19(9-7-17)32-25(33)16-5-10-22(35-3)23(11-16)36-4/h5-14H,15H2,1-4H3,(H,29,30)(H,31,34)(H,32,33). The van der Waals surface area contributed by atoms with Gasteiger partial charge < -0.3 is 25.1 Å². The van der Waals surface area contributed by atoms with Crippen molar-refractivity contribution in [3.63, 3.8) is 0 Å². The molecule has 0 fully saturated rings. The van der Waals surface area contributed by atoms with Crippen LogP contribution in [-0.4, -0.2) is 42.5 Å². The highest BCUT2D eigenvalue weighted by Crippen LogP contribution is 2.28. The highest BCUT2D eigenvalue weighted by molar-refractivity contribution is 6.06. The van der Waals surface area contributed by atoms with Gasteiger partial charge in [-0.2, -0.15) is 0 Å². The van der Waals surface area contributed by atoms with Crippen molar-refractivity contribution in [2.24, 2.45) is 0 Å². The summed E-state index contributed by atoms with van der Waals surface area (Å²) in [6, 6.07) is 13.7. The fourth-order valence-corrected chi connectivity index (χ4v) is 3.85. The highest BCUT2D eigenvalue weighted by Gasteiger charge is 2.23. The molecule has 0 aliphatic rings. The lowest BCUT2D eigenvalue weighted by Gasteiger charge is -2.26. The van der Waals surface area contributed by atoms with Crippen LogP contribution in [0, 0.1) is 5.82 Å². The van der Waals surface area contributed by atoms with Gasteiger partial charge in [0, 0.05) is 34.8 Å². The molecule has 8 nitrogen and oxygen atoms in total. The minimum atomic E-state index is -0.505. The van der Waals surface area contributed by atoms with Crippen LogP contribution in [0.4, 0.5) is 10.1 Å². The Morgan fingerprint density at radius 3 is 2.42 bits per heavy atom. The minimum Gasteiger partial charge on any atom is -0.493 e. The molecular formula is C27H27FN4O4. The first-order chi connectivity index (χ1) is 17.2. The predicted molar refractivity (Wildman–Crippen MR) is 135 cm³/mol. The quantitative estimate of drug-likeness (QED) is 0.333. The third-order valence-electron chi connectivity index (χ3n) is 6.00. The Hall–Kier alpha value is -4.40. The zero-order chi connectivity index (χ0) is 25.9. The summed E-state index contributed by atoms with van der Waals surface area (Å²) in [6.07, 6.45) is 2.62.